The van der Waals surface area contributed by atoms with Gasteiger partial charge in [-0.2, -0.15) is 5.10 Å². The van der Waals surface area contributed by atoms with E-state index in [0.717, 1.165) is 18.5 Å². The molecule has 5 heteroatoms. The Bertz CT molecular complexity index is 596. The molecule has 0 aliphatic rings. The summed E-state index contributed by atoms with van der Waals surface area (Å²) in [6.45, 7) is 7.93. The summed E-state index contributed by atoms with van der Waals surface area (Å²) in [4.78, 5) is 0. The molecule has 2 aromatic rings. The van der Waals surface area contributed by atoms with Gasteiger partial charge in [-0.05, 0) is 24.9 Å². The summed E-state index contributed by atoms with van der Waals surface area (Å²) in [6, 6.07) is 10.3. The van der Waals surface area contributed by atoms with Crippen LogP contribution in [0, 0.1) is 0 Å². The minimum atomic E-state index is -0.451. The van der Waals surface area contributed by atoms with Crippen LogP contribution in [0.1, 0.15) is 24.5 Å². The third-order valence-electron chi connectivity index (χ3n) is 3.91. The maximum atomic E-state index is 10.5. The summed E-state index contributed by atoms with van der Waals surface area (Å²) in [7, 11) is 0. The van der Waals surface area contributed by atoms with E-state index in [0.29, 0.717) is 19.5 Å². The summed E-state index contributed by atoms with van der Waals surface area (Å²) in [6.07, 6.45) is 6.64. The Morgan fingerprint density at radius 1 is 1.25 bits per heavy atom. The first-order chi connectivity index (χ1) is 11.7. The smallest absolute Gasteiger partial charge is 0.0842 e. The third-order valence-corrected chi connectivity index (χ3v) is 3.91. The van der Waals surface area contributed by atoms with E-state index in [1.54, 1.807) is 0 Å². The van der Waals surface area contributed by atoms with Crippen LogP contribution in [0.25, 0.3) is 0 Å². The first-order valence-corrected chi connectivity index (χ1v) is 8.54. The number of allylic oxidation sites excluding steroid dienone is 1. The summed E-state index contributed by atoms with van der Waals surface area (Å²) in [5, 5.41) is 21.5. The molecule has 0 bridgehead atoms. The number of aliphatic hydroxyl groups is 1. The van der Waals surface area contributed by atoms with Gasteiger partial charge in [0.25, 0.3) is 0 Å². The molecule has 24 heavy (non-hydrogen) atoms. The van der Waals surface area contributed by atoms with Crippen LogP contribution >= 0.6 is 0 Å². The molecule has 130 valence electrons. The Morgan fingerprint density at radius 2 is 2.04 bits per heavy atom. The molecule has 1 aromatic heterocycles. The molecule has 0 fully saturated rings. The van der Waals surface area contributed by atoms with Crippen molar-refractivity contribution < 1.29 is 5.11 Å². The van der Waals surface area contributed by atoms with E-state index in [1.807, 2.05) is 48.3 Å². The lowest BCUT2D eigenvalue weighted by Crippen LogP contribution is -2.50. The fraction of sp³-hybridized carbons (Fsp3) is 0.421. The molecule has 0 saturated heterocycles. The molecule has 0 radical (unpaired) electrons. The topological polar surface area (TPSA) is 62.1 Å². The second-order valence-electron chi connectivity index (χ2n) is 5.87. The van der Waals surface area contributed by atoms with Gasteiger partial charge < -0.3 is 10.4 Å². The van der Waals surface area contributed by atoms with Crippen LogP contribution in [0.2, 0.25) is 0 Å². The lowest BCUT2D eigenvalue weighted by atomic mass is 10.1. The quantitative estimate of drug-likeness (QED) is 0.437. The van der Waals surface area contributed by atoms with Crippen molar-refractivity contribution >= 4 is 0 Å². The highest BCUT2D eigenvalue weighted by molar-refractivity contribution is 5.14. The van der Waals surface area contributed by atoms with Gasteiger partial charge in [-0.15, -0.1) is 6.58 Å². The van der Waals surface area contributed by atoms with Crippen LogP contribution in [-0.4, -0.2) is 33.7 Å². The molecular weight excluding hydrogens is 300 g/mol. The summed E-state index contributed by atoms with van der Waals surface area (Å²) < 4.78 is 1.85. The highest BCUT2D eigenvalue weighted by Gasteiger charge is 2.17. The number of hydrogen-bond acceptors (Lipinski definition) is 4. The zero-order chi connectivity index (χ0) is 17.2. The molecule has 0 amide bonds. The SMILES string of the molecule is C=CCn1cc(CNC(NCC)[C@H](O)CCc2ccccc2)cn1. The van der Waals surface area contributed by atoms with E-state index in [1.165, 1.54) is 5.56 Å². The summed E-state index contributed by atoms with van der Waals surface area (Å²) in [5.41, 5.74) is 2.34. The maximum Gasteiger partial charge on any atom is 0.0842 e. The number of aliphatic hydroxyl groups excluding tert-OH is 1. The molecule has 2 atom stereocenters. The standard InChI is InChI=1S/C19H28N4O/c1-3-12-23-15-17(14-22-23)13-21-19(20-4-2)18(24)11-10-16-8-6-5-7-9-16/h3,5-9,14-15,18-21,24H,1,4,10-13H2,2H3/t18-,19?/m1/s1. The van der Waals surface area contributed by atoms with Gasteiger partial charge in [-0.25, -0.2) is 0 Å². The summed E-state index contributed by atoms with van der Waals surface area (Å²) in [5.74, 6) is 0. The first kappa shape index (κ1) is 18.4. The van der Waals surface area contributed by atoms with E-state index in [2.05, 4.69) is 34.4 Å². The predicted octanol–water partition coefficient (Wildman–Crippen LogP) is 2.09. The lowest BCUT2D eigenvalue weighted by Gasteiger charge is -2.25. The van der Waals surface area contributed by atoms with Crippen molar-refractivity contribution in [2.75, 3.05) is 6.54 Å². The van der Waals surface area contributed by atoms with Gasteiger partial charge in [0.2, 0.25) is 0 Å². The molecule has 0 spiro atoms. The second kappa shape index (κ2) is 10.0. The third kappa shape index (κ3) is 5.92. The Hall–Kier alpha value is -1.95. The number of aryl methyl sites for hydroxylation is 1. The zero-order valence-corrected chi connectivity index (χ0v) is 14.4. The predicted molar refractivity (Wildman–Crippen MR) is 97.5 cm³/mol. The van der Waals surface area contributed by atoms with Gasteiger partial charge in [0.15, 0.2) is 0 Å². The fourth-order valence-electron chi connectivity index (χ4n) is 2.65. The van der Waals surface area contributed by atoms with Crippen molar-refractivity contribution in [1.82, 2.24) is 20.4 Å². The molecule has 1 unspecified atom stereocenters. The monoisotopic (exact) mass is 328 g/mol. The van der Waals surface area contributed by atoms with Gasteiger partial charge in [-0.1, -0.05) is 43.3 Å². The normalized spacial score (nSPS) is 13.6. The Morgan fingerprint density at radius 3 is 2.75 bits per heavy atom. The Labute approximate surface area is 144 Å². The molecule has 0 aliphatic heterocycles. The fourth-order valence-corrected chi connectivity index (χ4v) is 2.65. The van der Waals surface area contributed by atoms with E-state index in [9.17, 15) is 5.11 Å². The second-order valence-corrected chi connectivity index (χ2v) is 5.87. The molecule has 0 saturated carbocycles. The van der Waals surface area contributed by atoms with Crippen molar-refractivity contribution in [3.63, 3.8) is 0 Å². The number of likely N-dealkylation sites (N-methyl/N-ethyl adjacent to an activating group) is 1. The molecule has 5 nitrogen and oxygen atoms in total. The number of aromatic nitrogens is 2. The highest BCUT2D eigenvalue weighted by Crippen LogP contribution is 2.07. The Kier molecular flexibility index (Phi) is 7.68. The average Bonchev–Trinajstić information content (AvgIpc) is 3.05. The number of nitrogens with zero attached hydrogens (tertiary/aromatic N) is 2. The van der Waals surface area contributed by atoms with Crippen molar-refractivity contribution in [3.05, 3.63) is 66.5 Å². The summed E-state index contributed by atoms with van der Waals surface area (Å²) >= 11 is 0. The minimum Gasteiger partial charge on any atom is -0.390 e. The first-order valence-electron chi connectivity index (χ1n) is 8.54. The number of benzene rings is 1. The minimum absolute atomic E-state index is 0.138. The van der Waals surface area contributed by atoms with Crippen molar-refractivity contribution in [2.24, 2.45) is 0 Å². The molecule has 3 N–H and O–H groups in total. The van der Waals surface area contributed by atoms with Crippen LogP contribution in [0.15, 0.2) is 55.4 Å². The van der Waals surface area contributed by atoms with E-state index < -0.39 is 6.10 Å². The van der Waals surface area contributed by atoms with Gasteiger partial charge >= 0.3 is 0 Å². The number of nitrogens with one attached hydrogen (secondary N) is 2. The Balaban J connectivity index is 1.83. The van der Waals surface area contributed by atoms with Gasteiger partial charge in [0, 0.05) is 18.3 Å². The van der Waals surface area contributed by atoms with Crippen molar-refractivity contribution in [1.29, 1.82) is 0 Å². The van der Waals surface area contributed by atoms with Crippen molar-refractivity contribution in [2.45, 2.75) is 45.1 Å². The van der Waals surface area contributed by atoms with Crippen LogP contribution in [0.4, 0.5) is 0 Å². The van der Waals surface area contributed by atoms with Crippen molar-refractivity contribution in [3.8, 4) is 0 Å². The average molecular weight is 328 g/mol. The number of rotatable bonds is 11. The van der Waals surface area contributed by atoms with E-state index >= 15 is 0 Å². The maximum absolute atomic E-state index is 10.5. The molecule has 0 aliphatic carbocycles. The van der Waals surface area contributed by atoms with Crippen LogP contribution in [0.3, 0.4) is 0 Å². The zero-order valence-electron chi connectivity index (χ0n) is 14.4. The van der Waals surface area contributed by atoms with Crippen LogP contribution in [0.5, 0.6) is 0 Å². The molecule has 1 heterocycles. The van der Waals surface area contributed by atoms with Crippen LogP contribution in [-0.2, 0) is 19.5 Å². The van der Waals surface area contributed by atoms with Gasteiger partial charge in [0.1, 0.15) is 0 Å². The molecular formula is C19H28N4O. The van der Waals surface area contributed by atoms with E-state index in [4.69, 9.17) is 0 Å². The highest BCUT2D eigenvalue weighted by atomic mass is 16.3. The van der Waals surface area contributed by atoms with Gasteiger partial charge in [-0.3, -0.25) is 10.00 Å². The molecule has 2 rings (SSSR count). The lowest BCUT2D eigenvalue weighted by molar-refractivity contribution is 0.102. The number of hydrogen-bond donors (Lipinski definition) is 3. The van der Waals surface area contributed by atoms with E-state index in [-0.39, 0.29) is 6.17 Å². The van der Waals surface area contributed by atoms with Crippen LogP contribution < -0.4 is 10.6 Å². The largest absolute Gasteiger partial charge is 0.390 e. The molecule has 1 aromatic carbocycles. The van der Waals surface area contributed by atoms with Gasteiger partial charge in [0.05, 0.1) is 25.0 Å².